The number of nitrogens with one attached hydrogen (secondary N) is 1. The lowest BCUT2D eigenvalue weighted by atomic mass is 10.2. The summed E-state index contributed by atoms with van der Waals surface area (Å²) in [6.07, 6.45) is 2.41. The molecule has 0 radical (unpaired) electrons. The molecule has 0 aliphatic carbocycles. The molecule has 0 spiro atoms. The van der Waals surface area contributed by atoms with E-state index in [4.69, 9.17) is 5.11 Å². The first-order valence-corrected chi connectivity index (χ1v) is 7.25. The van der Waals surface area contributed by atoms with Crippen molar-refractivity contribution in [3.8, 4) is 0 Å². The first kappa shape index (κ1) is 15.5. The summed E-state index contributed by atoms with van der Waals surface area (Å²) in [5, 5.41) is 12.4. The van der Waals surface area contributed by atoms with Gasteiger partial charge < -0.3 is 15.0 Å². The minimum absolute atomic E-state index is 0.0506. The van der Waals surface area contributed by atoms with Crippen LogP contribution in [0.25, 0.3) is 10.9 Å². The minimum Gasteiger partial charge on any atom is -0.478 e. The molecule has 0 bridgehead atoms. The average molecular weight is 322 g/mol. The van der Waals surface area contributed by atoms with Gasteiger partial charge in [0, 0.05) is 28.4 Å². The molecule has 120 valence electrons. The summed E-state index contributed by atoms with van der Waals surface area (Å²) in [7, 11) is 0. The molecule has 1 amide bonds. The number of hydrogen-bond donors (Lipinski definition) is 2. The molecule has 0 saturated heterocycles. The van der Waals surface area contributed by atoms with Crippen LogP contribution in [0.5, 0.6) is 0 Å². The first-order chi connectivity index (χ1) is 11.6. The van der Waals surface area contributed by atoms with Gasteiger partial charge in [0.2, 0.25) is 5.91 Å². The van der Waals surface area contributed by atoms with Crippen LogP contribution in [-0.2, 0) is 11.3 Å². The smallest absolute Gasteiger partial charge is 0.335 e. The van der Waals surface area contributed by atoms with Crippen LogP contribution < -0.4 is 5.32 Å². The van der Waals surface area contributed by atoms with E-state index in [2.05, 4.69) is 5.32 Å². The Hall–Kier alpha value is -3.41. The van der Waals surface area contributed by atoms with Crippen molar-refractivity contribution in [3.63, 3.8) is 0 Å². The molecule has 0 aliphatic rings. The maximum Gasteiger partial charge on any atom is 0.335 e. The minimum atomic E-state index is -1.02. The number of amides is 1. The van der Waals surface area contributed by atoms with Crippen molar-refractivity contribution >= 4 is 34.8 Å². The van der Waals surface area contributed by atoms with Gasteiger partial charge in [-0.2, -0.15) is 0 Å². The highest BCUT2D eigenvalue weighted by molar-refractivity contribution is 5.99. The zero-order chi connectivity index (χ0) is 17.1. The molecule has 3 aromatic rings. The fourth-order valence-corrected chi connectivity index (χ4v) is 2.55. The van der Waals surface area contributed by atoms with Crippen LogP contribution in [0.1, 0.15) is 20.7 Å². The fourth-order valence-electron chi connectivity index (χ4n) is 2.55. The Morgan fingerprint density at radius 1 is 1.08 bits per heavy atom. The van der Waals surface area contributed by atoms with E-state index in [1.165, 1.54) is 24.3 Å². The number of nitrogens with zero attached hydrogens (tertiary/aromatic N) is 1. The average Bonchev–Trinajstić information content (AvgIpc) is 2.93. The van der Waals surface area contributed by atoms with E-state index in [-0.39, 0.29) is 18.0 Å². The number of carbonyl (C=O) groups excluding carboxylic acids is 2. The normalized spacial score (nSPS) is 10.5. The number of aromatic nitrogens is 1. The Balaban J connectivity index is 1.78. The van der Waals surface area contributed by atoms with Crippen molar-refractivity contribution in [2.24, 2.45) is 0 Å². The number of fused-ring (bicyclic) bond motifs is 1. The Labute approximate surface area is 137 Å². The van der Waals surface area contributed by atoms with Gasteiger partial charge in [-0.25, -0.2) is 4.79 Å². The monoisotopic (exact) mass is 322 g/mol. The molecule has 0 saturated carbocycles. The molecule has 2 N–H and O–H groups in total. The molecular weight excluding hydrogens is 308 g/mol. The number of carbonyl (C=O) groups is 3. The largest absolute Gasteiger partial charge is 0.478 e. The maximum absolute atomic E-state index is 12.2. The summed E-state index contributed by atoms with van der Waals surface area (Å²) in [4.78, 5) is 34.2. The summed E-state index contributed by atoms with van der Waals surface area (Å²) in [6.45, 7) is 0.0506. The Morgan fingerprint density at radius 2 is 1.79 bits per heavy atom. The predicted molar refractivity (Wildman–Crippen MR) is 89.4 cm³/mol. The van der Waals surface area contributed by atoms with Crippen LogP contribution in [0.3, 0.4) is 0 Å². The standard InChI is InChI=1S/C18H14N2O4/c21-11-13-9-20(16-4-2-1-3-15(13)16)10-17(22)19-14-7-5-12(6-8-14)18(23)24/h1-9,11H,10H2,(H,19,22)(H,23,24). The molecule has 0 atom stereocenters. The van der Waals surface area contributed by atoms with Gasteiger partial charge in [0.05, 0.1) is 5.56 Å². The van der Waals surface area contributed by atoms with Crippen molar-refractivity contribution in [1.82, 2.24) is 4.57 Å². The fraction of sp³-hybridized carbons (Fsp3) is 0.0556. The first-order valence-electron chi connectivity index (χ1n) is 7.25. The number of benzene rings is 2. The Morgan fingerprint density at radius 3 is 2.46 bits per heavy atom. The van der Waals surface area contributed by atoms with Crippen molar-refractivity contribution in [2.45, 2.75) is 6.54 Å². The molecule has 1 aromatic heterocycles. The molecule has 6 nitrogen and oxygen atoms in total. The van der Waals surface area contributed by atoms with Crippen LogP contribution in [0.4, 0.5) is 5.69 Å². The van der Waals surface area contributed by atoms with Crippen molar-refractivity contribution in [1.29, 1.82) is 0 Å². The molecule has 3 rings (SSSR count). The van der Waals surface area contributed by atoms with E-state index >= 15 is 0 Å². The molecule has 0 fully saturated rings. The van der Waals surface area contributed by atoms with Gasteiger partial charge in [-0.05, 0) is 30.3 Å². The van der Waals surface area contributed by atoms with E-state index < -0.39 is 5.97 Å². The highest BCUT2D eigenvalue weighted by Gasteiger charge is 2.11. The highest BCUT2D eigenvalue weighted by atomic mass is 16.4. The lowest BCUT2D eigenvalue weighted by Crippen LogP contribution is -2.18. The van der Waals surface area contributed by atoms with Gasteiger partial charge in [0.15, 0.2) is 6.29 Å². The summed E-state index contributed by atoms with van der Waals surface area (Å²) in [5.74, 6) is -1.29. The second kappa shape index (κ2) is 6.37. The Kier molecular flexibility index (Phi) is 4.11. The lowest BCUT2D eigenvalue weighted by Gasteiger charge is -2.07. The second-order valence-electron chi connectivity index (χ2n) is 5.28. The molecular formula is C18H14N2O4. The summed E-state index contributed by atoms with van der Waals surface area (Å²) in [5.41, 5.74) is 2.00. The maximum atomic E-state index is 12.2. The van der Waals surface area contributed by atoms with E-state index in [9.17, 15) is 14.4 Å². The Bertz CT molecular complexity index is 926. The molecule has 6 heteroatoms. The van der Waals surface area contributed by atoms with E-state index in [0.29, 0.717) is 11.3 Å². The van der Waals surface area contributed by atoms with Crippen LogP contribution in [0.15, 0.2) is 54.7 Å². The molecule has 24 heavy (non-hydrogen) atoms. The van der Waals surface area contributed by atoms with E-state index in [0.717, 1.165) is 17.2 Å². The molecule has 1 heterocycles. The quantitative estimate of drug-likeness (QED) is 0.707. The SMILES string of the molecule is O=Cc1cn(CC(=O)Nc2ccc(C(=O)O)cc2)c2ccccc12. The number of carboxylic acid groups (broad SMARTS) is 1. The summed E-state index contributed by atoms with van der Waals surface area (Å²) >= 11 is 0. The van der Waals surface area contributed by atoms with Gasteiger partial charge in [-0.15, -0.1) is 0 Å². The van der Waals surface area contributed by atoms with Crippen molar-refractivity contribution in [2.75, 3.05) is 5.32 Å². The van der Waals surface area contributed by atoms with E-state index in [1.54, 1.807) is 10.8 Å². The second-order valence-corrected chi connectivity index (χ2v) is 5.28. The predicted octanol–water partition coefficient (Wildman–Crippen LogP) is 2.79. The zero-order valence-corrected chi connectivity index (χ0v) is 12.6. The number of anilines is 1. The molecule has 0 aliphatic heterocycles. The van der Waals surface area contributed by atoms with Crippen LogP contribution in [0.2, 0.25) is 0 Å². The molecule has 2 aromatic carbocycles. The van der Waals surface area contributed by atoms with Gasteiger partial charge in [-0.3, -0.25) is 9.59 Å². The van der Waals surface area contributed by atoms with Crippen LogP contribution in [-0.4, -0.2) is 27.8 Å². The third kappa shape index (κ3) is 3.03. The topological polar surface area (TPSA) is 88.4 Å². The number of aldehydes is 1. The van der Waals surface area contributed by atoms with Crippen molar-refractivity contribution in [3.05, 3.63) is 65.9 Å². The third-order valence-corrected chi connectivity index (χ3v) is 3.68. The lowest BCUT2D eigenvalue weighted by molar-refractivity contribution is -0.116. The number of rotatable bonds is 5. The number of para-hydroxylation sites is 1. The summed E-state index contributed by atoms with van der Waals surface area (Å²) in [6, 6.07) is 13.3. The zero-order valence-electron chi connectivity index (χ0n) is 12.6. The van der Waals surface area contributed by atoms with Crippen LogP contribution >= 0.6 is 0 Å². The van der Waals surface area contributed by atoms with Gasteiger partial charge in [0.25, 0.3) is 0 Å². The third-order valence-electron chi connectivity index (χ3n) is 3.68. The van der Waals surface area contributed by atoms with Gasteiger partial charge in [0.1, 0.15) is 6.54 Å². The number of aromatic carboxylic acids is 1. The molecule has 0 unspecified atom stereocenters. The number of hydrogen-bond acceptors (Lipinski definition) is 3. The van der Waals surface area contributed by atoms with Gasteiger partial charge in [-0.1, -0.05) is 18.2 Å². The van der Waals surface area contributed by atoms with E-state index in [1.807, 2.05) is 24.3 Å². The number of carboxylic acids is 1. The van der Waals surface area contributed by atoms with Crippen LogP contribution in [0, 0.1) is 0 Å². The van der Waals surface area contributed by atoms with Crippen molar-refractivity contribution < 1.29 is 19.5 Å². The van der Waals surface area contributed by atoms with Gasteiger partial charge >= 0.3 is 5.97 Å². The highest BCUT2D eigenvalue weighted by Crippen LogP contribution is 2.20. The summed E-state index contributed by atoms with van der Waals surface area (Å²) < 4.78 is 1.71.